The number of aromatic nitrogens is 3. The fourth-order valence-electron chi connectivity index (χ4n) is 3.35. The average molecular weight is 313 g/mol. The Kier molecular flexibility index (Phi) is 5.41. The van der Waals surface area contributed by atoms with Crippen molar-refractivity contribution < 1.29 is 0 Å². The highest BCUT2D eigenvalue weighted by molar-refractivity contribution is 5.08. The fourth-order valence-corrected chi connectivity index (χ4v) is 3.35. The van der Waals surface area contributed by atoms with Gasteiger partial charge in [0.15, 0.2) is 0 Å². The van der Waals surface area contributed by atoms with Gasteiger partial charge in [-0.15, -0.1) is 0 Å². The van der Waals surface area contributed by atoms with Gasteiger partial charge in [-0.1, -0.05) is 6.07 Å². The molecule has 1 atom stereocenters. The number of hydrogen-bond donors (Lipinski definition) is 1. The van der Waals surface area contributed by atoms with E-state index in [4.69, 9.17) is 0 Å². The standard InChI is InChI=1S/C18H27N5/c1-15(13-23-11-8-20-16(23)2)21-18-5-9-22(10-6-18)14-17-4-3-7-19-12-17/h3-4,7-8,11-12,15,18,21H,5-6,9-10,13-14H2,1-2H3. The topological polar surface area (TPSA) is 46.0 Å². The van der Waals surface area contributed by atoms with Gasteiger partial charge in [-0.25, -0.2) is 4.98 Å². The van der Waals surface area contributed by atoms with E-state index in [1.165, 1.54) is 18.4 Å². The van der Waals surface area contributed by atoms with Crippen LogP contribution in [0.2, 0.25) is 0 Å². The lowest BCUT2D eigenvalue weighted by molar-refractivity contribution is 0.183. The molecule has 0 saturated carbocycles. The molecule has 1 aliphatic heterocycles. The lowest BCUT2D eigenvalue weighted by Gasteiger charge is -2.34. The molecule has 1 saturated heterocycles. The quantitative estimate of drug-likeness (QED) is 0.888. The Morgan fingerprint density at radius 2 is 2.13 bits per heavy atom. The van der Waals surface area contributed by atoms with Crippen LogP contribution in [0.15, 0.2) is 36.9 Å². The first kappa shape index (κ1) is 16.1. The molecule has 1 N–H and O–H groups in total. The van der Waals surface area contributed by atoms with Gasteiger partial charge in [0.1, 0.15) is 5.82 Å². The Balaban J connectivity index is 1.41. The zero-order valence-electron chi connectivity index (χ0n) is 14.2. The summed E-state index contributed by atoms with van der Waals surface area (Å²) in [5.74, 6) is 1.09. The number of aryl methyl sites for hydroxylation is 1. The van der Waals surface area contributed by atoms with Gasteiger partial charge < -0.3 is 9.88 Å². The van der Waals surface area contributed by atoms with Gasteiger partial charge in [-0.05, 0) is 51.4 Å². The Morgan fingerprint density at radius 1 is 1.30 bits per heavy atom. The lowest BCUT2D eigenvalue weighted by Crippen LogP contribution is -2.46. The Hall–Kier alpha value is -1.72. The van der Waals surface area contributed by atoms with Crippen LogP contribution in [-0.4, -0.2) is 44.6 Å². The van der Waals surface area contributed by atoms with Crippen LogP contribution >= 0.6 is 0 Å². The van der Waals surface area contributed by atoms with Gasteiger partial charge in [-0.2, -0.15) is 0 Å². The molecule has 0 aromatic carbocycles. The molecule has 0 radical (unpaired) electrons. The van der Waals surface area contributed by atoms with Crippen molar-refractivity contribution >= 4 is 0 Å². The first-order chi connectivity index (χ1) is 11.2. The third-order valence-electron chi connectivity index (χ3n) is 4.63. The van der Waals surface area contributed by atoms with E-state index in [1.807, 2.05) is 24.7 Å². The number of likely N-dealkylation sites (tertiary alicyclic amines) is 1. The van der Waals surface area contributed by atoms with Crippen molar-refractivity contribution in [3.63, 3.8) is 0 Å². The van der Waals surface area contributed by atoms with E-state index in [9.17, 15) is 0 Å². The number of piperidine rings is 1. The molecule has 2 aromatic rings. The highest BCUT2D eigenvalue weighted by Gasteiger charge is 2.20. The number of nitrogens with one attached hydrogen (secondary N) is 1. The first-order valence-corrected chi connectivity index (χ1v) is 8.56. The van der Waals surface area contributed by atoms with Crippen LogP contribution in [0.5, 0.6) is 0 Å². The molecule has 1 aliphatic rings. The van der Waals surface area contributed by atoms with E-state index < -0.39 is 0 Å². The number of pyridine rings is 1. The van der Waals surface area contributed by atoms with Crippen LogP contribution < -0.4 is 5.32 Å². The summed E-state index contributed by atoms with van der Waals surface area (Å²) < 4.78 is 2.22. The van der Waals surface area contributed by atoms with Crippen LogP contribution in [-0.2, 0) is 13.1 Å². The Labute approximate surface area is 138 Å². The minimum absolute atomic E-state index is 0.470. The minimum atomic E-state index is 0.470. The molecule has 5 nitrogen and oxygen atoms in total. The zero-order valence-corrected chi connectivity index (χ0v) is 14.2. The molecule has 0 amide bonds. The van der Waals surface area contributed by atoms with E-state index >= 15 is 0 Å². The number of rotatable bonds is 6. The van der Waals surface area contributed by atoms with E-state index in [0.29, 0.717) is 12.1 Å². The predicted octanol–water partition coefficient (Wildman–Crippen LogP) is 2.23. The van der Waals surface area contributed by atoms with Crippen LogP contribution in [0.25, 0.3) is 0 Å². The maximum atomic E-state index is 4.29. The van der Waals surface area contributed by atoms with Gasteiger partial charge in [0, 0.05) is 50.0 Å². The Bertz CT molecular complexity index is 586. The lowest BCUT2D eigenvalue weighted by atomic mass is 10.0. The number of hydrogen-bond acceptors (Lipinski definition) is 4. The molecule has 3 heterocycles. The summed E-state index contributed by atoms with van der Waals surface area (Å²) in [6.07, 6.45) is 10.2. The van der Waals surface area contributed by atoms with E-state index in [0.717, 1.165) is 32.0 Å². The third-order valence-corrected chi connectivity index (χ3v) is 4.63. The SMILES string of the molecule is Cc1nccn1CC(C)NC1CCN(Cc2cccnc2)CC1. The number of nitrogens with zero attached hydrogens (tertiary/aromatic N) is 4. The highest BCUT2D eigenvalue weighted by atomic mass is 15.2. The molecule has 124 valence electrons. The van der Waals surface area contributed by atoms with Crippen LogP contribution in [0.1, 0.15) is 31.2 Å². The normalized spacial score (nSPS) is 18.2. The van der Waals surface area contributed by atoms with Crippen LogP contribution in [0, 0.1) is 6.92 Å². The van der Waals surface area contributed by atoms with E-state index in [1.54, 1.807) is 0 Å². The van der Waals surface area contributed by atoms with Crippen molar-refractivity contribution in [3.05, 3.63) is 48.3 Å². The summed E-state index contributed by atoms with van der Waals surface area (Å²) in [4.78, 5) is 11.0. The van der Waals surface area contributed by atoms with Gasteiger partial charge in [0.25, 0.3) is 0 Å². The molecule has 5 heteroatoms. The molecule has 1 fully saturated rings. The predicted molar refractivity (Wildman–Crippen MR) is 92.1 cm³/mol. The fraction of sp³-hybridized carbons (Fsp3) is 0.556. The van der Waals surface area contributed by atoms with Crippen molar-refractivity contribution in [2.45, 2.75) is 51.9 Å². The van der Waals surface area contributed by atoms with Crippen molar-refractivity contribution in [1.29, 1.82) is 0 Å². The second-order valence-corrected chi connectivity index (χ2v) is 6.61. The molecule has 23 heavy (non-hydrogen) atoms. The maximum Gasteiger partial charge on any atom is 0.105 e. The molecule has 0 aliphatic carbocycles. The van der Waals surface area contributed by atoms with Crippen LogP contribution in [0.4, 0.5) is 0 Å². The maximum absolute atomic E-state index is 4.29. The summed E-state index contributed by atoms with van der Waals surface area (Å²) in [5, 5.41) is 3.78. The minimum Gasteiger partial charge on any atom is -0.334 e. The van der Waals surface area contributed by atoms with E-state index in [2.05, 4.69) is 50.9 Å². The van der Waals surface area contributed by atoms with Gasteiger partial charge in [0.05, 0.1) is 0 Å². The largest absolute Gasteiger partial charge is 0.334 e. The smallest absolute Gasteiger partial charge is 0.105 e. The number of imidazole rings is 1. The summed E-state index contributed by atoms with van der Waals surface area (Å²) in [7, 11) is 0. The second-order valence-electron chi connectivity index (χ2n) is 6.61. The molecule has 2 aromatic heterocycles. The zero-order chi connectivity index (χ0) is 16.1. The van der Waals surface area contributed by atoms with Gasteiger partial charge in [-0.3, -0.25) is 9.88 Å². The first-order valence-electron chi connectivity index (χ1n) is 8.56. The average Bonchev–Trinajstić information content (AvgIpc) is 2.95. The molecule has 3 rings (SSSR count). The van der Waals surface area contributed by atoms with Gasteiger partial charge in [0.2, 0.25) is 0 Å². The van der Waals surface area contributed by atoms with Crippen LogP contribution in [0.3, 0.4) is 0 Å². The third kappa shape index (κ3) is 4.62. The van der Waals surface area contributed by atoms with Crippen molar-refractivity contribution in [2.75, 3.05) is 13.1 Å². The highest BCUT2D eigenvalue weighted by Crippen LogP contribution is 2.14. The molecular weight excluding hydrogens is 286 g/mol. The van der Waals surface area contributed by atoms with Crippen molar-refractivity contribution in [2.24, 2.45) is 0 Å². The monoisotopic (exact) mass is 313 g/mol. The van der Waals surface area contributed by atoms with Gasteiger partial charge >= 0.3 is 0 Å². The second kappa shape index (κ2) is 7.70. The summed E-state index contributed by atoms with van der Waals surface area (Å²) in [5.41, 5.74) is 1.31. The van der Waals surface area contributed by atoms with Crippen molar-refractivity contribution in [1.82, 2.24) is 24.8 Å². The summed E-state index contributed by atoms with van der Waals surface area (Å²) >= 11 is 0. The Morgan fingerprint density at radius 3 is 2.78 bits per heavy atom. The summed E-state index contributed by atoms with van der Waals surface area (Å²) in [6.45, 7) is 8.64. The molecule has 0 spiro atoms. The molecular formula is C18H27N5. The molecule has 1 unspecified atom stereocenters. The van der Waals surface area contributed by atoms with E-state index in [-0.39, 0.29) is 0 Å². The van der Waals surface area contributed by atoms with Crippen molar-refractivity contribution in [3.8, 4) is 0 Å². The molecule has 0 bridgehead atoms. The summed E-state index contributed by atoms with van der Waals surface area (Å²) in [6, 6.07) is 5.27.